The van der Waals surface area contributed by atoms with Gasteiger partial charge in [0.15, 0.2) is 0 Å². The minimum atomic E-state index is 0.164. The molecule has 0 bridgehead atoms. The molecular formula is C13H18N2O. The summed E-state index contributed by atoms with van der Waals surface area (Å²) in [6, 6.07) is 10.4. The van der Waals surface area contributed by atoms with Crippen LogP contribution in [-0.2, 0) is 4.79 Å². The number of rotatable bonds is 1. The van der Waals surface area contributed by atoms with Gasteiger partial charge in [-0.15, -0.1) is 0 Å². The first kappa shape index (κ1) is 11.1. The average molecular weight is 218 g/mol. The molecule has 1 aromatic carbocycles. The van der Waals surface area contributed by atoms with Gasteiger partial charge in [-0.3, -0.25) is 4.79 Å². The largest absolute Gasteiger partial charge is 0.335 e. The van der Waals surface area contributed by atoms with Crippen molar-refractivity contribution in [1.29, 1.82) is 0 Å². The number of nitrogens with zero attached hydrogens (tertiary/aromatic N) is 1. The maximum atomic E-state index is 11.6. The average Bonchev–Trinajstić information content (AvgIpc) is 2.55. The fourth-order valence-corrected chi connectivity index (χ4v) is 2.23. The van der Waals surface area contributed by atoms with Crippen molar-refractivity contribution in [1.82, 2.24) is 10.2 Å². The number of amides is 1. The van der Waals surface area contributed by atoms with E-state index in [0.29, 0.717) is 0 Å². The molecule has 1 fully saturated rings. The van der Waals surface area contributed by atoms with E-state index < -0.39 is 0 Å². The molecule has 1 atom stereocenters. The minimum Gasteiger partial charge on any atom is -0.335 e. The van der Waals surface area contributed by atoms with Gasteiger partial charge in [-0.05, 0) is 18.5 Å². The second kappa shape index (κ2) is 5.12. The zero-order valence-corrected chi connectivity index (χ0v) is 9.65. The van der Waals surface area contributed by atoms with Crippen LogP contribution in [0.2, 0.25) is 0 Å². The van der Waals surface area contributed by atoms with Crippen molar-refractivity contribution in [3.05, 3.63) is 35.9 Å². The van der Waals surface area contributed by atoms with Crippen LogP contribution >= 0.6 is 0 Å². The van der Waals surface area contributed by atoms with Gasteiger partial charge in [0.1, 0.15) is 0 Å². The maximum absolute atomic E-state index is 11.6. The molecule has 0 saturated carbocycles. The van der Waals surface area contributed by atoms with Gasteiger partial charge < -0.3 is 10.2 Å². The Hall–Kier alpha value is -1.35. The van der Waals surface area contributed by atoms with E-state index in [1.807, 2.05) is 23.1 Å². The van der Waals surface area contributed by atoms with E-state index in [2.05, 4.69) is 17.4 Å². The second-order valence-electron chi connectivity index (χ2n) is 4.20. The lowest BCUT2D eigenvalue weighted by molar-refractivity contribution is -0.131. The standard InChI is InChI=1S/C13H18N2O/c1-11(16)15-9-5-8-14-10-13(15)12-6-3-2-4-7-12/h2-4,6-7,13-14H,5,8-10H2,1H3. The molecule has 3 nitrogen and oxygen atoms in total. The van der Waals surface area contributed by atoms with Crippen molar-refractivity contribution in [3.8, 4) is 0 Å². The van der Waals surface area contributed by atoms with Crippen LogP contribution in [0.3, 0.4) is 0 Å². The highest BCUT2D eigenvalue weighted by molar-refractivity contribution is 5.73. The van der Waals surface area contributed by atoms with Crippen LogP contribution < -0.4 is 5.32 Å². The summed E-state index contributed by atoms with van der Waals surface area (Å²) in [6.07, 6.45) is 1.03. The third-order valence-corrected chi connectivity index (χ3v) is 3.06. The molecule has 1 amide bonds. The van der Waals surface area contributed by atoms with E-state index in [9.17, 15) is 4.79 Å². The number of hydrogen-bond acceptors (Lipinski definition) is 2. The molecule has 86 valence electrons. The molecule has 1 aliphatic rings. The maximum Gasteiger partial charge on any atom is 0.220 e. The van der Waals surface area contributed by atoms with E-state index in [1.165, 1.54) is 5.56 Å². The van der Waals surface area contributed by atoms with Gasteiger partial charge in [-0.1, -0.05) is 30.3 Å². The molecule has 0 radical (unpaired) electrons. The minimum absolute atomic E-state index is 0.164. The van der Waals surface area contributed by atoms with Crippen LogP contribution in [0.4, 0.5) is 0 Å². The van der Waals surface area contributed by atoms with Crippen molar-refractivity contribution in [2.75, 3.05) is 19.6 Å². The van der Waals surface area contributed by atoms with Crippen LogP contribution in [0.1, 0.15) is 24.9 Å². The number of nitrogens with one attached hydrogen (secondary N) is 1. The number of carbonyl (C=O) groups excluding carboxylic acids is 1. The summed E-state index contributed by atoms with van der Waals surface area (Å²) in [6.45, 7) is 4.35. The van der Waals surface area contributed by atoms with Gasteiger partial charge in [0.25, 0.3) is 0 Å². The monoisotopic (exact) mass is 218 g/mol. The first-order chi connectivity index (χ1) is 7.79. The molecule has 1 saturated heterocycles. The Kier molecular flexibility index (Phi) is 3.57. The molecule has 0 spiro atoms. The molecule has 1 N–H and O–H groups in total. The van der Waals surface area contributed by atoms with Crippen LogP contribution in [0, 0.1) is 0 Å². The van der Waals surface area contributed by atoms with Gasteiger partial charge in [0.2, 0.25) is 5.91 Å². The fraction of sp³-hybridized carbons (Fsp3) is 0.462. The third-order valence-electron chi connectivity index (χ3n) is 3.06. The van der Waals surface area contributed by atoms with Gasteiger partial charge in [0, 0.05) is 20.0 Å². The van der Waals surface area contributed by atoms with Crippen molar-refractivity contribution >= 4 is 5.91 Å². The SMILES string of the molecule is CC(=O)N1CCCNCC1c1ccccc1. The Morgan fingerprint density at radius 3 is 2.81 bits per heavy atom. The predicted molar refractivity (Wildman–Crippen MR) is 64.1 cm³/mol. The van der Waals surface area contributed by atoms with Crippen LogP contribution in [0.15, 0.2) is 30.3 Å². The summed E-state index contributed by atoms with van der Waals surface area (Å²) in [5.41, 5.74) is 1.21. The smallest absolute Gasteiger partial charge is 0.220 e. The van der Waals surface area contributed by atoms with Crippen molar-refractivity contribution in [2.45, 2.75) is 19.4 Å². The lowest BCUT2D eigenvalue weighted by Crippen LogP contribution is -2.36. The number of carbonyl (C=O) groups is 1. The normalized spacial score (nSPS) is 21.6. The van der Waals surface area contributed by atoms with Crippen LogP contribution in [-0.4, -0.2) is 30.4 Å². The fourth-order valence-electron chi connectivity index (χ4n) is 2.23. The van der Waals surface area contributed by atoms with Gasteiger partial charge >= 0.3 is 0 Å². The zero-order valence-electron chi connectivity index (χ0n) is 9.65. The molecule has 1 heterocycles. The molecule has 1 aromatic rings. The van der Waals surface area contributed by atoms with Crippen molar-refractivity contribution in [3.63, 3.8) is 0 Å². The molecule has 3 heteroatoms. The second-order valence-corrected chi connectivity index (χ2v) is 4.20. The van der Waals surface area contributed by atoms with Crippen molar-refractivity contribution < 1.29 is 4.79 Å². The van der Waals surface area contributed by atoms with E-state index in [0.717, 1.165) is 26.1 Å². The Morgan fingerprint density at radius 1 is 1.38 bits per heavy atom. The Morgan fingerprint density at radius 2 is 2.12 bits per heavy atom. The van der Waals surface area contributed by atoms with Gasteiger partial charge in [0.05, 0.1) is 6.04 Å². The van der Waals surface area contributed by atoms with E-state index in [-0.39, 0.29) is 11.9 Å². The summed E-state index contributed by atoms with van der Waals surface area (Å²) in [5.74, 6) is 0.164. The molecule has 1 aliphatic heterocycles. The van der Waals surface area contributed by atoms with Gasteiger partial charge in [-0.25, -0.2) is 0 Å². The van der Waals surface area contributed by atoms with Crippen molar-refractivity contribution in [2.24, 2.45) is 0 Å². The number of benzene rings is 1. The molecular weight excluding hydrogens is 200 g/mol. The first-order valence-electron chi connectivity index (χ1n) is 5.82. The summed E-state index contributed by atoms with van der Waals surface area (Å²) < 4.78 is 0. The number of hydrogen-bond donors (Lipinski definition) is 1. The van der Waals surface area contributed by atoms with E-state index >= 15 is 0 Å². The van der Waals surface area contributed by atoms with Crippen LogP contribution in [0.25, 0.3) is 0 Å². The molecule has 16 heavy (non-hydrogen) atoms. The molecule has 0 aromatic heterocycles. The molecule has 2 rings (SSSR count). The Bertz CT molecular complexity index is 350. The zero-order chi connectivity index (χ0) is 11.4. The molecule has 0 aliphatic carbocycles. The van der Waals surface area contributed by atoms with E-state index in [4.69, 9.17) is 0 Å². The van der Waals surface area contributed by atoms with E-state index in [1.54, 1.807) is 6.92 Å². The van der Waals surface area contributed by atoms with Gasteiger partial charge in [-0.2, -0.15) is 0 Å². The highest BCUT2D eigenvalue weighted by Gasteiger charge is 2.23. The lowest BCUT2D eigenvalue weighted by Gasteiger charge is -2.29. The summed E-state index contributed by atoms with van der Waals surface area (Å²) in [4.78, 5) is 13.6. The highest BCUT2D eigenvalue weighted by Crippen LogP contribution is 2.21. The Labute approximate surface area is 96.5 Å². The lowest BCUT2D eigenvalue weighted by atomic mass is 10.1. The third kappa shape index (κ3) is 2.42. The molecule has 1 unspecified atom stereocenters. The topological polar surface area (TPSA) is 32.3 Å². The van der Waals surface area contributed by atoms with Crippen LogP contribution in [0.5, 0.6) is 0 Å². The first-order valence-corrected chi connectivity index (χ1v) is 5.82. The summed E-state index contributed by atoms with van der Waals surface area (Å²) >= 11 is 0. The quantitative estimate of drug-likeness (QED) is 0.776. The Balaban J connectivity index is 2.24. The summed E-state index contributed by atoms with van der Waals surface area (Å²) in [7, 11) is 0. The summed E-state index contributed by atoms with van der Waals surface area (Å²) in [5, 5.41) is 3.39. The highest BCUT2D eigenvalue weighted by atomic mass is 16.2. The predicted octanol–water partition coefficient (Wildman–Crippen LogP) is 1.57.